The zero-order valence-corrected chi connectivity index (χ0v) is 9.00. The molecule has 0 spiro atoms. The molecule has 2 nitrogen and oxygen atoms in total. The second kappa shape index (κ2) is 5.14. The van der Waals surface area contributed by atoms with Gasteiger partial charge in [0.05, 0.1) is 5.69 Å². The molecular formula is C10H13BrN2. The molecule has 13 heavy (non-hydrogen) atoms. The third-order valence-corrected chi connectivity index (χ3v) is 2.24. The van der Waals surface area contributed by atoms with Crippen LogP contribution in [0.1, 0.15) is 24.6 Å². The van der Waals surface area contributed by atoms with E-state index in [-0.39, 0.29) is 6.04 Å². The largest absolute Gasteiger partial charge is 0.323 e. The molecule has 1 aromatic rings. The monoisotopic (exact) mass is 240 g/mol. The summed E-state index contributed by atoms with van der Waals surface area (Å²) in [5, 5.41) is 0. The maximum absolute atomic E-state index is 5.92. The number of pyridine rings is 1. The smallest absolute Gasteiger partial charge is 0.106 e. The number of nitrogens with zero attached hydrogens (tertiary/aromatic N) is 1. The Hall–Kier alpha value is -0.670. The highest BCUT2D eigenvalue weighted by Crippen LogP contribution is 2.15. The van der Waals surface area contributed by atoms with Crippen LogP contribution in [0.15, 0.2) is 35.5 Å². The first kappa shape index (κ1) is 10.4. The van der Waals surface area contributed by atoms with Gasteiger partial charge in [-0.3, -0.25) is 0 Å². The van der Waals surface area contributed by atoms with Crippen molar-refractivity contribution < 1.29 is 0 Å². The van der Waals surface area contributed by atoms with Gasteiger partial charge in [-0.15, -0.1) is 6.58 Å². The molecule has 0 bridgehead atoms. The molecule has 70 valence electrons. The van der Waals surface area contributed by atoms with Crippen molar-refractivity contribution in [1.29, 1.82) is 0 Å². The van der Waals surface area contributed by atoms with E-state index in [0.29, 0.717) is 0 Å². The van der Waals surface area contributed by atoms with E-state index in [1.165, 1.54) is 0 Å². The van der Waals surface area contributed by atoms with Crippen LogP contribution >= 0.6 is 15.9 Å². The fourth-order valence-corrected chi connectivity index (χ4v) is 1.43. The van der Waals surface area contributed by atoms with Crippen LogP contribution in [0.3, 0.4) is 0 Å². The molecule has 0 aromatic carbocycles. The van der Waals surface area contributed by atoms with Crippen molar-refractivity contribution >= 4 is 15.9 Å². The summed E-state index contributed by atoms with van der Waals surface area (Å²) in [5.74, 6) is 0. The molecule has 0 amide bonds. The van der Waals surface area contributed by atoms with Crippen molar-refractivity contribution in [2.24, 2.45) is 5.73 Å². The van der Waals surface area contributed by atoms with Crippen molar-refractivity contribution in [2.45, 2.75) is 18.9 Å². The van der Waals surface area contributed by atoms with Gasteiger partial charge in [0.2, 0.25) is 0 Å². The Morgan fingerprint density at radius 2 is 2.38 bits per heavy atom. The minimum atomic E-state index is 0.00972. The van der Waals surface area contributed by atoms with Crippen molar-refractivity contribution in [2.75, 3.05) is 0 Å². The van der Waals surface area contributed by atoms with Crippen LogP contribution in [-0.2, 0) is 0 Å². The summed E-state index contributed by atoms with van der Waals surface area (Å²) < 4.78 is 0.832. The van der Waals surface area contributed by atoms with E-state index in [9.17, 15) is 0 Å². The van der Waals surface area contributed by atoms with Crippen molar-refractivity contribution in [3.05, 3.63) is 41.2 Å². The Kier molecular flexibility index (Phi) is 4.12. The molecule has 0 radical (unpaired) electrons. The highest BCUT2D eigenvalue weighted by molar-refractivity contribution is 9.10. The second-order valence-corrected chi connectivity index (χ2v) is 3.67. The lowest BCUT2D eigenvalue weighted by atomic mass is 10.1. The summed E-state index contributed by atoms with van der Waals surface area (Å²) >= 11 is 3.31. The lowest BCUT2D eigenvalue weighted by Gasteiger charge is -2.09. The average molecular weight is 241 g/mol. The van der Waals surface area contributed by atoms with Crippen LogP contribution < -0.4 is 5.73 Å². The van der Waals surface area contributed by atoms with Crippen molar-refractivity contribution in [3.63, 3.8) is 0 Å². The van der Waals surface area contributed by atoms with Gasteiger partial charge < -0.3 is 5.73 Å². The summed E-state index contributed by atoms with van der Waals surface area (Å²) in [6, 6.07) is 5.79. The molecule has 0 unspecified atom stereocenters. The van der Waals surface area contributed by atoms with Crippen LogP contribution in [0.25, 0.3) is 0 Å². The number of halogens is 1. The van der Waals surface area contributed by atoms with Crippen molar-refractivity contribution in [3.8, 4) is 0 Å². The van der Waals surface area contributed by atoms with Crippen LogP contribution in [-0.4, -0.2) is 4.98 Å². The predicted octanol–water partition coefficient (Wildman–Crippen LogP) is 2.81. The van der Waals surface area contributed by atoms with Crippen molar-refractivity contribution in [1.82, 2.24) is 4.98 Å². The normalized spacial score (nSPS) is 12.5. The molecule has 0 aliphatic carbocycles. The van der Waals surface area contributed by atoms with Gasteiger partial charge in [-0.05, 0) is 40.9 Å². The minimum Gasteiger partial charge on any atom is -0.323 e. The number of nitrogens with two attached hydrogens (primary N) is 1. The molecule has 0 aliphatic heterocycles. The summed E-state index contributed by atoms with van der Waals surface area (Å²) in [5.41, 5.74) is 6.85. The Balaban J connectivity index is 2.65. The number of aromatic nitrogens is 1. The first-order chi connectivity index (χ1) is 6.24. The Labute approximate surface area is 87.0 Å². The third-order valence-electron chi connectivity index (χ3n) is 1.80. The molecule has 0 saturated carbocycles. The molecule has 1 aromatic heterocycles. The summed E-state index contributed by atoms with van der Waals surface area (Å²) in [6.07, 6.45) is 3.69. The topological polar surface area (TPSA) is 38.9 Å². The lowest BCUT2D eigenvalue weighted by molar-refractivity contribution is 0.641. The van der Waals surface area contributed by atoms with Gasteiger partial charge in [0.25, 0.3) is 0 Å². The van der Waals surface area contributed by atoms with Crippen LogP contribution in [0.4, 0.5) is 0 Å². The zero-order valence-electron chi connectivity index (χ0n) is 7.41. The molecule has 0 fully saturated rings. The van der Waals surface area contributed by atoms with Gasteiger partial charge >= 0.3 is 0 Å². The highest BCUT2D eigenvalue weighted by Gasteiger charge is 2.05. The van der Waals surface area contributed by atoms with E-state index in [1.54, 1.807) is 0 Å². The molecule has 3 heteroatoms. The molecule has 0 saturated heterocycles. The van der Waals surface area contributed by atoms with Crippen LogP contribution in [0, 0.1) is 0 Å². The van der Waals surface area contributed by atoms with Gasteiger partial charge in [0, 0.05) is 6.04 Å². The standard InChI is InChI=1S/C10H13BrN2/c1-2-3-5-8(12)9-6-4-7-10(11)13-9/h2,4,6-8H,1,3,5,12H2/t8-/m0/s1. The van der Waals surface area contributed by atoms with Gasteiger partial charge in [-0.2, -0.15) is 0 Å². The van der Waals surface area contributed by atoms with E-state index < -0.39 is 0 Å². The Bertz CT molecular complexity index is 286. The second-order valence-electron chi connectivity index (χ2n) is 2.86. The van der Waals surface area contributed by atoms with Gasteiger partial charge in [0.15, 0.2) is 0 Å². The summed E-state index contributed by atoms with van der Waals surface area (Å²) in [7, 11) is 0. The van der Waals surface area contributed by atoms with E-state index in [1.807, 2.05) is 24.3 Å². The molecule has 1 atom stereocenters. The van der Waals surface area contributed by atoms with Gasteiger partial charge in [-0.1, -0.05) is 12.1 Å². The SMILES string of the molecule is C=CCC[C@H](N)c1cccc(Br)n1. The van der Waals surface area contributed by atoms with Gasteiger partial charge in [0.1, 0.15) is 4.60 Å². The maximum atomic E-state index is 5.92. The highest BCUT2D eigenvalue weighted by atomic mass is 79.9. The Morgan fingerprint density at radius 1 is 1.62 bits per heavy atom. The number of hydrogen-bond acceptors (Lipinski definition) is 2. The van der Waals surface area contributed by atoms with E-state index in [0.717, 1.165) is 23.1 Å². The average Bonchev–Trinajstić information content (AvgIpc) is 2.14. The summed E-state index contributed by atoms with van der Waals surface area (Å²) in [4.78, 5) is 4.28. The van der Waals surface area contributed by atoms with E-state index in [4.69, 9.17) is 5.73 Å². The Morgan fingerprint density at radius 3 is 3.00 bits per heavy atom. The molecule has 1 rings (SSSR count). The predicted molar refractivity (Wildman–Crippen MR) is 58.3 cm³/mol. The quantitative estimate of drug-likeness (QED) is 0.650. The third kappa shape index (κ3) is 3.28. The minimum absolute atomic E-state index is 0.00972. The van der Waals surface area contributed by atoms with E-state index >= 15 is 0 Å². The first-order valence-corrected chi connectivity index (χ1v) is 5.02. The number of hydrogen-bond donors (Lipinski definition) is 1. The zero-order chi connectivity index (χ0) is 9.68. The molecule has 0 aliphatic rings. The fraction of sp³-hybridized carbons (Fsp3) is 0.300. The number of rotatable bonds is 4. The summed E-state index contributed by atoms with van der Waals surface area (Å²) in [6.45, 7) is 3.66. The number of allylic oxidation sites excluding steroid dienone is 1. The van der Waals surface area contributed by atoms with Crippen LogP contribution in [0.2, 0.25) is 0 Å². The van der Waals surface area contributed by atoms with Crippen LogP contribution in [0.5, 0.6) is 0 Å². The lowest BCUT2D eigenvalue weighted by Crippen LogP contribution is -2.11. The van der Waals surface area contributed by atoms with Gasteiger partial charge in [-0.25, -0.2) is 4.98 Å². The molecule has 2 N–H and O–H groups in total. The molecule has 1 heterocycles. The molecular weight excluding hydrogens is 228 g/mol. The van der Waals surface area contributed by atoms with E-state index in [2.05, 4.69) is 27.5 Å². The maximum Gasteiger partial charge on any atom is 0.106 e. The first-order valence-electron chi connectivity index (χ1n) is 4.23. The fourth-order valence-electron chi connectivity index (χ4n) is 1.08.